The van der Waals surface area contributed by atoms with Gasteiger partial charge in [0.05, 0.1) is 5.54 Å². The number of nitrogens with one attached hydrogen (secondary N) is 1. The second-order valence-corrected chi connectivity index (χ2v) is 5.87. The molecule has 0 aliphatic carbocycles. The van der Waals surface area contributed by atoms with Crippen LogP contribution in [0.1, 0.15) is 18.7 Å². The first-order valence-electron chi connectivity index (χ1n) is 6.15. The summed E-state index contributed by atoms with van der Waals surface area (Å²) in [4.78, 5) is 15.0. The van der Waals surface area contributed by atoms with Crippen LogP contribution in [0.25, 0.3) is 0 Å². The number of para-hydroxylation sites is 1. The highest BCUT2D eigenvalue weighted by Crippen LogP contribution is 2.25. The molecule has 2 aromatic rings. The Morgan fingerprint density at radius 1 is 1.16 bits per heavy atom. The SMILES string of the molecule is CN(C(=O)NC(C)(C)c1cccs1)c1ccccc1. The Labute approximate surface area is 117 Å². The van der Waals surface area contributed by atoms with E-state index < -0.39 is 0 Å². The van der Waals surface area contributed by atoms with Gasteiger partial charge in [0.15, 0.2) is 0 Å². The van der Waals surface area contributed by atoms with Crippen molar-refractivity contribution in [3.63, 3.8) is 0 Å². The minimum absolute atomic E-state index is 0.107. The molecule has 1 aromatic heterocycles. The van der Waals surface area contributed by atoms with Crippen LogP contribution in [0.15, 0.2) is 47.8 Å². The molecule has 3 nitrogen and oxygen atoms in total. The highest BCUT2D eigenvalue weighted by Gasteiger charge is 2.25. The fraction of sp³-hybridized carbons (Fsp3) is 0.267. The minimum atomic E-state index is -0.367. The third kappa shape index (κ3) is 3.15. The van der Waals surface area contributed by atoms with Gasteiger partial charge in [0.25, 0.3) is 0 Å². The largest absolute Gasteiger partial charge is 0.328 e. The summed E-state index contributed by atoms with van der Waals surface area (Å²) in [5.41, 5.74) is 0.510. The number of thiophene rings is 1. The van der Waals surface area contributed by atoms with Crippen LogP contribution in [-0.4, -0.2) is 13.1 Å². The fourth-order valence-corrected chi connectivity index (χ4v) is 2.62. The summed E-state index contributed by atoms with van der Waals surface area (Å²) in [6, 6.07) is 13.5. The summed E-state index contributed by atoms with van der Waals surface area (Å²) in [5.74, 6) is 0. The van der Waals surface area contributed by atoms with Crippen molar-refractivity contribution in [2.24, 2.45) is 0 Å². The van der Waals surface area contributed by atoms with Gasteiger partial charge < -0.3 is 5.32 Å². The molecule has 1 N–H and O–H groups in total. The van der Waals surface area contributed by atoms with E-state index in [9.17, 15) is 4.79 Å². The molecule has 1 heterocycles. The lowest BCUT2D eigenvalue weighted by atomic mass is 10.0. The first-order valence-corrected chi connectivity index (χ1v) is 7.03. The molecule has 0 aliphatic rings. The number of benzene rings is 1. The molecular formula is C15H18N2OS. The quantitative estimate of drug-likeness (QED) is 0.906. The van der Waals surface area contributed by atoms with Gasteiger partial charge in [-0.2, -0.15) is 0 Å². The first kappa shape index (κ1) is 13.6. The van der Waals surface area contributed by atoms with Gasteiger partial charge >= 0.3 is 6.03 Å². The number of carbonyl (C=O) groups excluding carboxylic acids is 1. The Morgan fingerprint density at radius 3 is 2.42 bits per heavy atom. The number of hydrogen-bond donors (Lipinski definition) is 1. The monoisotopic (exact) mass is 274 g/mol. The van der Waals surface area contributed by atoms with Crippen LogP contribution in [0.4, 0.5) is 10.5 Å². The summed E-state index contributed by atoms with van der Waals surface area (Å²) >= 11 is 1.65. The summed E-state index contributed by atoms with van der Waals surface area (Å²) in [6.07, 6.45) is 0. The number of nitrogens with zero attached hydrogens (tertiary/aromatic N) is 1. The Hall–Kier alpha value is -1.81. The summed E-state index contributed by atoms with van der Waals surface area (Å²) in [7, 11) is 1.77. The molecule has 2 amide bonds. The van der Waals surface area contributed by atoms with Crippen LogP contribution < -0.4 is 10.2 Å². The molecule has 0 unspecified atom stereocenters. The van der Waals surface area contributed by atoms with Gasteiger partial charge in [-0.3, -0.25) is 4.90 Å². The van der Waals surface area contributed by atoms with E-state index in [1.807, 2.05) is 61.7 Å². The molecule has 0 radical (unpaired) electrons. The van der Waals surface area contributed by atoms with Crippen molar-refractivity contribution in [2.45, 2.75) is 19.4 Å². The highest BCUT2D eigenvalue weighted by molar-refractivity contribution is 7.10. The van der Waals surface area contributed by atoms with Crippen molar-refractivity contribution >= 4 is 23.1 Å². The predicted molar refractivity (Wildman–Crippen MR) is 80.7 cm³/mol. The van der Waals surface area contributed by atoms with Crippen LogP contribution >= 0.6 is 11.3 Å². The fourth-order valence-electron chi connectivity index (χ4n) is 1.82. The molecule has 0 saturated carbocycles. The number of amides is 2. The highest BCUT2D eigenvalue weighted by atomic mass is 32.1. The van der Waals surface area contributed by atoms with Crippen molar-refractivity contribution < 1.29 is 4.79 Å². The Balaban J connectivity index is 2.09. The second kappa shape index (κ2) is 5.45. The van der Waals surface area contributed by atoms with Crippen LogP contribution in [0, 0.1) is 0 Å². The van der Waals surface area contributed by atoms with Gasteiger partial charge in [0.1, 0.15) is 0 Å². The zero-order valence-corrected chi connectivity index (χ0v) is 12.2. The zero-order valence-electron chi connectivity index (χ0n) is 11.4. The van der Waals surface area contributed by atoms with Gasteiger partial charge in [-0.05, 0) is 37.4 Å². The lowest BCUT2D eigenvalue weighted by Crippen LogP contribution is -2.46. The zero-order chi connectivity index (χ0) is 13.9. The summed E-state index contributed by atoms with van der Waals surface area (Å²) in [6.45, 7) is 4.02. The average molecular weight is 274 g/mol. The van der Waals surface area contributed by atoms with Gasteiger partial charge in [0.2, 0.25) is 0 Å². The van der Waals surface area contributed by atoms with Gasteiger partial charge in [-0.25, -0.2) is 4.79 Å². The molecule has 19 heavy (non-hydrogen) atoms. The topological polar surface area (TPSA) is 32.3 Å². The summed E-state index contributed by atoms with van der Waals surface area (Å²) in [5, 5.41) is 5.07. The molecule has 1 aromatic carbocycles. The smallest absolute Gasteiger partial charge is 0.322 e. The minimum Gasteiger partial charge on any atom is -0.328 e. The van der Waals surface area contributed by atoms with E-state index in [2.05, 4.69) is 5.32 Å². The van der Waals surface area contributed by atoms with E-state index in [4.69, 9.17) is 0 Å². The number of hydrogen-bond acceptors (Lipinski definition) is 2. The van der Waals surface area contributed by atoms with Crippen LogP contribution in [-0.2, 0) is 5.54 Å². The Morgan fingerprint density at radius 2 is 1.84 bits per heavy atom. The maximum atomic E-state index is 12.3. The molecule has 4 heteroatoms. The number of urea groups is 1. The molecule has 0 atom stereocenters. The molecule has 0 bridgehead atoms. The number of rotatable bonds is 3. The third-order valence-corrected chi connectivity index (χ3v) is 4.20. The molecule has 0 fully saturated rings. The average Bonchev–Trinajstić information content (AvgIpc) is 2.93. The maximum absolute atomic E-state index is 12.3. The van der Waals surface area contributed by atoms with Gasteiger partial charge in [-0.1, -0.05) is 24.3 Å². The van der Waals surface area contributed by atoms with Crippen molar-refractivity contribution in [3.05, 3.63) is 52.7 Å². The lowest BCUT2D eigenvalue weighted by molar-refractivity contribution is 0.237. The maximum Gasteiger partial charge on any atom is 0.322 e. The van der Waals surface area contributed by atoms with Gasteiger partial charge in [-0.15, -0.1) is 11.3 Å². The van der Waals surface area contributed by atoms with Crippen molar-refractivity contribution in [2.75, 3.05) is 11.9 Å². The van der Waals surface area contributed by atoms with E-state index in [1.165, 1.54) is 0 Å². The van der Waals surface area contributed by atoms with Crippen LogP contribution in [0.3, 0.4) is 0 Å². The third-order valence-electron chi connectivity index (χ3n) is 3.00. The van der Waals surface area contributed by atoms with Crippen molar-refractivity contribution in [3.8, 4) is 0 Å². The van der Waals surface area contributed by atoms with E-state index >= 15 is 0 Å². The summed E-state index contributed by atoms with van der Waals surface area (Å²) < 4.78 is 0. The molecule has 100 valence electrons. The number of carbonyl (C=O) groups is 1. The van der Waals surface area contributed by atoms with Crippen LogP contribution in [0.5, 0.6) is 0 Å². The first-order chi connectivity index (χ1) is 9.00. The van der Waals surface area contributed by atoms with Crippen molar-refractivity contribution in [1.29, 1.82) is 0 Å². The lowest BCUT2D eigenvalue weighted by Gasteiger charge is -2.28. The normalized spacial score (nSPS) is 11.1. The Bertz CT molecular complexity index is 535. The van der Waals surface area contributed by atoms with Crippen LogP contribution in [0.2, 0.25) is 0 Å². The standard InChI is InChI=1S/C15H18N2OS/c1-15(2,13-10-7-11-19-13)16-14(18)17(3)12-8-5-4-6-9-12/h4-11H,1-3H3,(H,16,18). The van der Waals surface area contributed by atoms with Crippen molar-refractivity contribution in [1.82, 2.24) is 5.32 Å². The van der Waals surface area contributed by atoms with E-state index in [-0.39, 0.29) is 11.6 Å². The molecule has 0 aliphatic heterocycles. The van der Waals surface area contributed by atoms with Gasteiger partial charge in [0, 0.05) is 17.6 Å². The molecular weight excluding hydrogens is 256 g/mol. The predicted octanol–water partition coefficient (Wildman–Crippen LogP) is 3.83. The molecule has 0 saturated heterocycles. The van der Waals surface area contributed by atoms with E-state index in [0.717, 1.165) is 10.6 Å². The van der Waals surface area contributed by atoms with E-state index in [0.29, 0.717) is 0 Å². The second-order valence-electron chi connectivity index (χ2n) is 4.93. The Kier molecular flexibility index (Phi) is 3.90. The molecule has 0 spiro atoms. The molecule has 2 rings (SSSR count). The van der Waals surface area contributed by atoms with E-state index in [1.54, 1.807) is 23.3 Å². The number of anilines is 1.